The molecule has 2 saturated heterocycles. The van der Waals surface area contributed by atoms with E-state index in [0.29, 0.717) is 28.9 Å². The van der Waals surface area contributed by atoms with Crippen LogP contribution in [0.2, 0.25) is 0 Å². The van der Waals surface area contributed by atoms with E-state index in [1.807, 2.05) is 0 Å². The molecule has 0 amide bonds. The van der Waals surface area contributed by atoms with Gasteiger partial charge in [0.05, 0.1) is 0 Å². The van der Waals surface area contributed by atoms with Gasteiger partial charge in [-0.15, -0.1) is 0 Å². The lowest BCUT2D eigenvalue weighted by Crippen LogP contribution is -2.40. The average molecular weight is 417 g/mol. The first-order valence-corrected chi connectivity index (χ1v) is 11.9. The summed E-state index contributed by atoms with van der Waals surface area (Å²) in [6.45, 7) is 8.96. The van der Waals surface area contributed by atoms with E-state index in [4.69, 9.17) is 22.2 Å². The summed E-state index contributed by atoms with van der Waals surface area (Å²) in [5.41, 5.74) is 0. The van der Waals surface area contributed by atoms with Gasteiger partial charge in [-0.05, 0) is 56.2 Å². The fourth-order valence-electron chi connectivity index (χ4n) is 5.17. The fraction of sp³-hybridized carbons (Fsp3) is 0.773. The summed E-state index contributed by atoms with van der Waals surface area (Å²) >= 11 is 5.60. The minimum atomic E-state index is 0.480. The topological polar surface area (TPSA) is 56.3 Å². The van der Waals surface area contributed by atoms with Crippen LogP contribution in [0.5, 0.6) is 0 Å². The Hall–Kier alpha value is -1.63. The first kappa shape index (κ1) is 20.6. The summed E-state index contributed by atoms with van der Waals surface area (Å²) in [5.74, 6) is 4.07. The molecule has 2 N–H and O–H groups in total. The number of rotatable bonds is 4. The van der Waals surface area contributed by atoms with Crippen molar-refractivity contribution in [3.05, 3.63) is 6.07 Å². The number of nitrogens with one attached hydrogen (secondary N) is 2. The molecule has 7 heteroatoms. The number of aromatic nitrogens is 2. The molecule has 160 valence electrons. The highest BCUT2D eigenvalue weighted by Gasteiger charge is 2.25. The van der Waals surface area contributed by atoms with Gasteiger partial charge < -0.3 is 20.4 Å². The maximum Gasteiger partial charge on any atom is 0.232 e. The molecule has 0 bridgehead atoms. The third-order valence-electron chi connectivity index (χ3n) is 6.49. The number of hydrogen-bond donors (Lipinski definition) is 2. The highest BCUT2D eigenvalue weighted by atomic mass is 32.1. The zero-order valence-corrected chi connectivity index (χ0v) is 18.8. The predicted octanol–water partition coefficient (Wildman–Crippen LogP) is 4.18. The molecule has 0 radical (unpaired) electrons. The lowest BCUT2D eigenvalue weighted by Gasteiger charge is -2.36. The smallest absolute Gasteiger partial charge is 0.232 e. The molecule has 2 unspecified atom stereocenters. The summed E-state index contributed by atoms with van der Waals surface area (Å²) < 4.78 is 0. The van der Waals surface area contributed by atoms with Gasteiger partial charge in [0, 0.05) is 38.3 Å². The molecule has 0 spiro atoms. The van der Waals surface area contributed by atoms with E-state index in [-0.39, 0.29) is 0 Å². The quantitative estimate of drug-likeness (QED) is 0.714. The minimum Gasteiger partial charge on any atom is -0.360 e. The molecule has 1 aliphatic carbocycles. The van der Waals surface area contributed by atoms with Crippen LogP contribution in [0.3, 0.4) is 0 Å². The number of hydrogen-bond acceptors (Lipinski definition) is 5. The summed E-state index contributed by atoms with van der Waals surface area (Å²) in [4.78, 5) is 14.5. The highest BCUT2D eigenvalue weighted by molar-refractivity contribution is 7.80. The van der Waals surface area contributed by atoms with E-state index in [9.17, 15) is 0 Å². The number of thiocarbonyl (C=S) groups is 1. The molecular weight excluding hydrogens is 380 g/mol. The van der Waals surface area contributed by atoms with Crippen LogP contribution in [0.4, 0.5) is 17.6 Å². The molecular formula is C22H36N6S. The van der Waals surface area contributed by atoms with Crippen molar-refractivity contribution in [3.63, 3.8) is 0 Å². The van der Waals surface area contributed by atoms with Crippen molar-refractivity contribution < 1.29 is 0 Å². The Morgan fingerprint density at radius 3 is 2.21 bits per heavy atom. The van der Waals surface area contributed by atoms with Gasteiger partial charge in [0.1, 0.15) is 11.6 Å². The van der Waals surface area contributed by atoms with Crippen LogP contribution in [-0.4, -0.2) is 47.3 Å². The van der Waals surface area contributed by atoms with E-state index in [2.05, 4.69) is 40.3 Å². The van der Waals surface area contributed by atoms with Crippen molar-refractivity contribution in [1.29, 1.82) is 0 Å². The summed E-state index contributed by atoms with van der Waals surface area (Å²) in [5, 5.41) is 7.44. The standard InChI is InChI=1S/C22H36N6S/c1-16-12-17(2)15-28(14-16)20-13-19(27-10-6-7-11-27)24-21(25-20)26-22(29)23-18-8-4-3-5-9-18/h13,16-18H,3-12,14-15H2,1-2H3,(H2,23,24,25,26,29). The molecule has 3 heterocycles. The summed E-state index contributed by atoms with van der Waals surface area (Å²) in [6.07, 6.45) is 10.1. The van der Waals surface area contributed by atoms with Crippen molar-refractivity contribution in [2.75, 3.05) is 41.3 Å². The second kappa shape index (κ2) is 9.45. The highest BCUT2D eigenvalue weighted by Crippen LogP contribution is 2.29. The van der Waals surface area contributed by atoms with Gasteiger partial charge in [-0.2, -0.15) is 9.97 Å². The van der Waals surface area contributed by atoms with E-state index >= 15 is 0 Å². The zero-order chi connectivity index (χ0) is 20.2. The SMILES string of the molecule is CC1CC(C)CN(c2cc(N3CCCC3)nc(NC(=S)NC3CCCCC3)n2)C1. The van der Waals surface area contributed by atoms with Gasteiger partial charge in [-0.25, -0.2) is 0 Å². The van der Waals surface area contributed by atoms with Crippen LogP contribution < -0.4 is 20.4 Å². The number of piperidine rings is 1. The fourth-order valence-corrected chi connectivity index (χ4v) is 5.43. The van der Waals surface area contributed by atoms with Gasteiger partial charge in [0.25, 0.3) is 0 Å². The van der Waals surface area contributed by atoms with Crippen molar-refractivity contribution in [1.82, 2.24) is 15.3 Å². The number of anilines is 3. The molecule has 6 nitrogen and oxygen atoms in total. The lowest BCUT2D eigenvalue weighted by atomic mass is 9.92. The van der Waals surface area contributed by atoms with Gasteiger partial charge in [-0.1, -0.05) is 33.1 Å². The third kappa shape index (κ3) is 5.50. The van der Waals surface area contributed by atoms with Crippen LogP contribution >= 0.6 is 12.2 Å². The van der Waals surface area contributed by atoms with Gasteiger partial charge in [0.2, 0.25) is 5.95 Å². The van der Waals surface area contributed by atoms with Crippen LogP contribution in [0.1, 0.15) is 65.2 Å². The minimum absolute atomic E-state index is 0.480. The van der Waals surface area contributed by atoms with E-state index in [1.165, 1.54) is 51.4 Å². The molecule has 4 rings (SSSR count). The Morgan fingerprint density at radius 1 is 0.931 bits per heavy atom. The first-order chi connectivity index (χ1) is 14.1. The molecule has 1 aromatic rings. The summed E-state index contributed by atoms with van der Waals surface area (Å²) in [6, 6.07) is 2.66. The van der Waals surface area contributed by atoms with Crippen LogP contribution in [0, 0.1) is 11.8 Å². The number of nitrogens with zero attached hydrogens (tertiary/aromatic N) is 4. The third-order valence-corrected chi connectivity index (χ3v) is 6.71. The van der Waals surface area contributed by atoms with Crippen molar-refractivity contribution in [3.8, 4) is 0 Å². The van der Waals surface area contributed by atoms with Crippen molar-refractivity contribution in [2.24, 2.45) is 11.8 Å². The molecule has 2 aliphatic heterocycles. The van der Waals surface area contributed by atoms with Crippen LogP contribution in [0.15, 0.2) is 6.07 Å². The first-order valence-electron chi connectivity index (χ1n) is 11.5. The van der Waals surface area contributed by atoms with E-state index in [1.54, 1.807) is 0 Å². The molecule has 3 aliphatic rings. The van der Waals surface area contributed by atoms with Gasteiger partial charge >= 0.3 is 0 Å². The second-order valence-electron chi connectivity index (χ2n) is 9.39. The Morgan fingerprint density at radius 2 is 1.55 bits per heavy atom. The molecule has 29 heavy (non-hydrogen) atoms. The normalized spacial score (nSPS) is 25.9. The van der Waals surface area contributed by atoms with E-state index < -0.39 is 0 Å². The van der Waals surface area contributed by atoms with Crippen LogP contribution in [-0.2, 0) is 0 Å². The summed E-state index contributed by atoms with van der Waals surface area (Å²) in [7, 11) is 0. The Balaban J connectivity index is 1.51. The monoisotopic (exact) mass is 416 g/mol. The Kier molecular flexibility index (Phi) is 6.73. The maximum absolute atomic E-state index is 5.60. The average Bonchev–Trinajstić information content (AvgIpc) is 3.22. The zero-order valence-electron chi connectivity index (χ0n) is 18.0. The molecule has 0 aromatic carbocycles. The lowest BCUT2D eigenvalue weighted by molar-refractivity contribution is 0.355. The Labute approximate surface area is 180 Å². The largest absolute Gasteiger partial charge is 0.360 e. The predicted molar refractivity (Wildman–Crippen MR) is 125 cm³/mol. The molecule has 1 aromatic heterocycles. The van der Waals surface area contributed by atoms with Crippen molar-refractivity contribution >= 4 is 34.9 Å². The van der Waals surface area contributed by atoms with Crippen molar-refractivity contribution in [2.45, 2.75) is 71.3 Å². The second-order valence-corrected chi connectivity index (χ2v) is 9.79. The Bertz CT molecular complexity index is 689. The van der Waals surface area contributed by atoms with Gasteiger partial charge in [-0.3, -0.25) is 0 Å². The van der Waals surface area contributed by atoms with Gasteiger partial charge in [0.15, 0.2) is 5.11 Å². The molecule has 3 fully saturated rings. The molecule has 1 saturated carbocycles. The molecule has 2 atom stereocenters. The van der Waals surface area contributed by atoms with Crippen LogP contribution in [0.25, 0.3) is 0 Å². The van der Waals surface area contributed by atoms with E-state index in [0.717, 1.165) is 37.8 Å². The maximum atomic E-state index is 5.60.